The van der Waals surface area contributed by atoms with E-state index in [0.717, 1.165) is 4.90 Å². The quantitative estimate of drug-likeness (QED) is 0.530. The van der Waals surface area contributed by atoms with Gasteiger partial charge in [-0.05, 0) is 30.5 Å². The molecule has 0 heterocycles. The number of hydrogen-bond donors (Lipinski definition) is 1. The molecule has 0 bridgehead atoms. The van der Waals surface area contributed by atoms with Crippen LogP contribution >= 0.6 is 11.8 Å². The molecule has 0 aliphatic heterocycles. The Morgan fingerprint density at radius 1 is 1.20 bits per heavy atom. The summed E-state index contributed by atoms with van der Waals surface area (Å²) < 4.78 is 0. The van der Waals surface area contributed by atoms with Crippen LogP contribution in [0, 0.1) is 10.1 Å². The lowest BCUT2D eigenvalue weighted by Crippen LogP contribution is -2.13. The van der Waals surface area contributed by atoms with Crippen LogP contribution in [0.2, 0.25) is 0 Å². The van der Waals surface area contributed by atoms with Crippen LogP contribution < -0.4 is 5.32 Å². The van der Waals surface area contributed by atoms with Crippen molar-refractivity contribution < 1.29 is 9.72 Å². The van der Waals surface area contributed by atoms with Crippen LogP contribution in [0.1, 0.15) is 10.4 Å². The van der Waals surface area contributed by atoms with Gasteiger partial charge in [0.05, 0.1) is 4.92 Å². The van der Waals surface area contributed by atoms with E-state index in [1.165, 1.54) is 18.2 Å². The summed E-state index contributed by atoms with van der Waals surface area (Å²) in [4.78, 5) is 23.5. The molecule has 1 amide bonds. The number of para-hydroxylation sites is 1. The normalized spacial score (nSPS) is 10.1. The van der Waals surface area contributed by atoms with Crippen LogP contribution in [0.25, 0.3) is 0 Å². The van der Waals surface area contributed by atoms with Crippen LogP contribution in [0.3, 0.4) is 0 Å². The molecule has 0 aliphatic rings. The Kier molecular flexibility index (Phi) is 4.37. The second-order valence-corrected chi connectivity index (χ2v) is 4.84. The molecule has 1 N–H and O–H groups in total. The van der Waals surface area contributed by atoms with Crippen LogP contribution in [0.5, 0.6) is 0 Å². The number of anilines is 1. The Labute approximate surface area is 120 Å². The zero-order valence-corrected chi connectivity index (χ0v) is 11.5. The summed E-state index contributed by atoms with van der Waals surface area (Å²) in [5.74, 6) is -0.490. The van der Waals surface area contributed by atoms with Crippen LogP contribution in [-0.2, 0) is 0 Å². The predicted molar refractivity (Wildman–Crippen MR) is 79.3 cm³/mol. The van der Waals surface area contributed by atoms with Gasteiger partial charge in [0.25, 0.3) is 11.6 Å². The Morgan fingerprint density at radius 3 is 2.65 bits per heavy atom. The molecule has 2 aromatic carbocycles. The van der Waals surface area contributed by atoms with Crippen molar-refractivity contribution in [1.29, 1.82) is 0 Å². The highest BCUT2D eigenvalue weighted by molar-refractivity contribution is 7.98. The first-order valence-corrected chi connectivity index (χ1v) is 7.03. The van der Waals surface area contributed by atoms with Crippen molar-refractivity contribution in [2.24, 2.45) is 0 Å². The van der Waals surface area contributed by atoms with Crippen molar-refractivity contribution in [3.8, 4) is 0 Å². The minimum absolute atomic E-state index is 0.0482. The van der Waals surface area contributed by atoms with Gasteiger partial charge in [-0.3, -0.25) is 14.9 Å². The van der Waals surface area contributed by atoms with E-state index in [-0.39, 0.29) is 11.3 Å². The number of nitrogens with one attached hydrogen (secondary N) is 1. The first kappa shape index (κ1) is 14.1. The number of thioether (sulfide) groups is 1. The third-order valence-electron chi connectivity index (χ3n) is 2.67. The molecule has 0 aromatic heterocycles. The summed E-state index contributed by atoms with van der Waals surface area (Å²) in [6.07, 6.45) is 1.93. The van der Waals surface area contributed by atoms with Gasteiger partial charge < -0.3 is 5.32 Å². The standard InChI is InChI=1S/C14H12N2O3S/c1-20-11-6-4-5-10(9-11)15-14(17)12-7-2-3-8-13(12)16(18)19/h2-9H,1H3,(H,15,17). The zero-order chi connectivity index (χ0) is 14.5. The van der Waals surface area contributed by atoms with Gasteiger partial charge in [-0.25, -0.2) is 0 Å². The smallest absolute Gasteiger partial charge is 0.282 e. The van der Waals surface area contributed by atoms with Gasteiger partial charge in [0, 0.05) is 16.6 Å². The van der Waals surface area contributed by atoms with Crippen molar-refractivity contribution in [3.63, 3.8) is 0 Å². The molecule has 0 saturated heterocycles. The van der Waals surface area contributed by atoms with E-state index in [1.807, 2.05) is 24.5 Å². The van der Waals surface area contributed by atoms with E-state index < -0.39 is 10.8 Å². The van der Waals surface area contributed by atoms with E-state index in [4.69, 9.17) is 0 Å². The highest BCUT2D eigenvalue weighted by Crippen LogP contribution is 2.22. The van der Waals surface area contributed by atoms with Gasteiger partial charge in [0.15, 0.2) is 0 Å². The fourth-order valence-electron chi connectivity index (χ4n) is 1.72. The molecule has 2 rings (SSSR count). The molecule has 0 atom stereocenters. The zero-order valence-electron chi connectivity index (χ0n) is 10.7. The molecule has 102 valence electrons. The lowest BCUT2D eigenvalue weighted by atomic mass is 10.1. The van der Waals surface area contributed by atoms with Crippen LogP contribution in [-0.4, -0.2) is 17.1 Å². The molecule has 0 radical (unpaired) electrons. The maximum absolute atomic E-state index is 12.1. The molecule has 2 aromatic rings. The fraction of sp³-hybridized carbons (Fsp3) is 0.0714. The van der Waals surface area contributed by atoms with E-state index in [9.17, 15) is 14.9 Å². The summed E-state index contributed by atoms with van der Waals surface area (Å²) in [5, 5.41) is 13.6. The lowest BCUT2D eigenvalue weighted by molar-refractivity contribution is -0.385. The molecule has 0 spiro atoms. The minimum Gasteiger partial charge on any atom is -0.322 e. The average Bonchev–Trinajstić information content (AvgIpc) is 2.47. The number of benzene rings is 2. The number of amides is 1. The molecular formula is C14H12N2O3S. The number of carbonyl (C=O) groups is 1. The van der Waals surface area contributed by atoms with Gasteiger partial charge in [-0.15, -0.1) is 11.8 Å². The van der Waals surface area contributed by atoms with Crippen molar-refractivity contribution in [1.82, 2.24) is 0 Å². The van der Waals surface area contributed by atoms with E-state index in [2.05, 4.69) is 5.32 Å². The van der Waals surface area contributed by atoms with Gasteiger partial charge in [0.2, 0.25) is 0 Å². The number of nitrogens with zero attached hydrogens (tertiary/aromatic N) is 1. The first-order valence-electron chi connectivity index (χ1n) is 5.80. The SMILES string of the molecule is CSc1cccc(NC(=O)c2ccccc2[N+](=O)[O-])c1. The minimum atomic E-state index is -0.562. The van der Waals surface area contributed by atoms with Crippen LogP contribution in [0.15, 0.2) is 53.4 Å². The Balaban J connectivity index is 2.26. The highest BCUT2D eigenvalue weighted by Gasteiger charge is 2.19. The summed E-state index contributed by atoms with van der Waals surface area (Å²) >= 11 is 1.55. The third-order valence-corrected chi connectivity index (χ3v) is 3.40. The predicted octanol–water partition coefficient (Wildman–Crippen LogP) is 3.57. The van der Waals surface area contributed by atoms with E-state index in [1.54, 1.807) is 23.9 Å². The number of nitro benzene ring substituents is 1. The molecule has 20 heavy (non-hydrogen) atoms. The third kappa shape index (κ3) is 3.16. The van der Waals surface area contributed by atoms with E-state index >= 15 is 0 Å². The van der Waals surface area contributed by atoms with Gasteiger partial charge in [-0.1, -0.05) is 18.2 Å². The molecule has 5 nitrogen and oxygen atoms in total. The van der Waals surface area contributed by atoms with Crippen molar-refractivity contribution in [2.45, 2.75) is 4.90 Å². The fourth-order valence-corrected chi connectivity index (χ4v) is 2.18. The Bertz CT molecular complexity index is 658. The van der Waals surface area contributed by atoms with Gasteiger partial charge >= 0.3 is 0 Å². The summed E-state index contributed by atoms with van der Waals surface area (Å²) in [6.45, 7) is 0. The van der Waals surface area contributed by atoms with Crippen molar-refractivity contribution >= 4 is 29.0 Å². The second-order valence-electron chi connectivity index (χ2n) is 3.96. The summed E-state index contributed by atoms with van der Waals surface area (Å²) in [5.41, 5.74) is 0.457. The lowest BCUT2D eigenvalue weighted by Gasteiger charge is -2.06. The summed E-state index contributed by atoms with van der Waals surface area (Å²) in [6, 6.07) is 13.2. The number of rotatable bonds is 4. The second kappa shape index (κ2) is 6.21. The molecule has 0 unspecified atom stereocenters. The molecule has 6 heteroatoms. The maximum atomic E-state index is 12.1. The average molecular weight is 288 g/mol. The van der Waals surface area contributed by atoms with Gasteiger partial charge in [0.1, 0.15) is 5.56 Å². The Hall–Kier alpha value is -2.34. The van der Waals surface area contributed by atoms with E-state index in [0.29, 0.717) is 5.69 Å². The largest absolute Gasteiger partial charge is 0.322 e. The molecular weight excluding hydrogens is 276 g/mol. The van der Waals surface area contributed by atoms with Crippen molar-refractivity contribution in [2.75, 3.05) is 11.6 Å². The van der Waals surface area contributed by atoms with Gasteiger partial charge in [-0.2, -0.15) is 0 Å². The Morgan fingerprint density at radius 2 is 1.95 bits per heavy atom. The molecule has 0 aliphatic carbocycles. The number of hydrogen-bond acceptors (Lipinski definition) is 4. The monoisotopic (exact) mass is 288 g/mol. The number of nitro groups is 1. The topological polar surface area (TPSA) is 72.2 Å². The first-order chi connectivity index (χ1) is 9.61. The summed E-state index contributed by atoms with van der Waals surface area (Å²) in [7, 11) is 0. The number of carbonyl (C=O) groups excluding carboxylic acids is 1. The van der Waals surface area contributed by atoms with Crippen LogP contribution in [0.4, 0.5) is 11.4 Å². The maximum Gasteiger partial charge on any atom is 0.282 e. The highest BCUT2D eigenvalue weighted by atomic mass is 32.2. The molecule has 0 fully saturated rings. The molecule has 0 saturated carbocycles. The van der Waals surface area contributed by atoms with Crippen molar-refractivity contribution in [3.05, 3.63) is 64.2 Å².